The zero-order valence-electron chi connectivity index (χ0n) is 10.5. The van der Waals surface area contributed by atoms with Crippen LogP contribution in [0.15, 0.2) is 29.7 Å². The zero-order valence-corrected chi connectivity index (χ0v) is 12.0. The van der Waals surface area contributed by atoms with Crippen LogP contribution in [0.4, 0.5) is 0 Å². The van der Waals surface area contributed by atoms with E-state index < -0.39 is 22.0 Å². The first-order valence-corrected chi connectivity index (χ1v) is 7.30. The van der Waals surface area contributed by atoms with Crippen molar-refractivity contribution in [3.05, 3.63) is 40.3 Å². The van der Waals surface area contributed by atoms with Gasteiger partial charge in [-0.3, -0.25) is 4.79 Å². The van der Waals surface area contributed by atoms with E-state index in [1.165, 1.54) is 20.1 Å². The lowest BCUT2D eigenvalue weighted by Crippen LogP contribution is -2.38. The Balaban J connectivity index is 2.74. The number of halogens is 1. The van der Waals surface area contributed by atoms with Gasteiger partial charge in [0.2, 0.25) is 10.0 Å². The number of carbonyl (C=O) groups is 1. The van der Waals surface area contributed by atoms with Crippen LogP contribution in [-0.4, -0.2) is 27.5 Å². The summed E-state index contributed by atoms with van der Waals surface area (Å²) in [7, 11) is -2.52. The summed E-state index contributed by atoms with van der Waals surface area (Å²) in [5.41, 5.74) is 0.681. The summed E-state index contributed by atoms with van der Waals surface area (Å²) in [6.45, 7) is 1.40. The molecule has 1 atom stereocenters. The van der Waals surface area contributed by atoms with Crippen molar-refractivity contribution in [1.29, 1.82) is 0 Å². The van der Waals surface area contributed by atoms with Crippen LogP contribution in [-0.2, 0) is 19.6 Å². The molecular formula is C12H14ClNO4S. The molecular weight excluding hydrogens is 290 g/mol. The van der Waals surface area contributed by atoms with Gasteiger partial charge < -0.3 is 4.74 Å². The molecule has 0 heterocycles. The minimum Gasteiger partial charge on any atom is -0.468 e. The second-order valence-electron chi connectivity index (χ2n) is 3.76. The molecule has 0 saturated carbocycles. The summed E-state index contributed by atoms with van der Waals surface area (Å²) < 4.78 is 29.9. The quantitative estimate of drug-likeness (QED) is 0.842. The van der Waals surface area contributed by atoms with Gasteiger partial charge in [0.25, 0.3) is 0 Å². The molecule has 1 aromatic rings. The number of nitrogens with one attached hydrogen (secondary N) is 1. The highest BCUT2D eigenvalue weighted by atomic mass is 35.5. The van der Waals surface area contributed by atoms with Crippen molar-refractivity contribution in [3.63, 3.8) is 0 Å². The monoisotopic (exact) mass is 303 g/mol. The van der Waals surface area contributed by atoms with Crippen LogP contribution in [0.5, 0.6) is 0 Å². The second kappa shape index (κ2) is 6.70. The third-order valence-electron chi connectivity index (χ3n) is 2.21. The van der Waals surface area contributed by atoms with Crippen molar-refractivity contribution in [3.8, 4) is 0 Å². The smallest absolute Gasteiger partial charge is 0.323 e. The van der Waals surface area contributed by atoms with Crippen molar-refractivity contribution in [2.45, 2.75) is 13.0 Å². The van der Waals surface area contributed by atoms with E-state index in [1.54, 1.807) is 24.3 Å². The predicted molar refractivity (Wildman–Crippen MR) is 74.0 cm³/mol. The van der Waals surface area contributed by atoms with E-state index in [-0.39, 0.29) is 0 Å². The fourth-order valence-electron chi connectivity index (χ4n) is 1.25. The van der Waals surface area contributed by atoms with Crippen LogP contribution >= 0.6 is 11.6 Å². The highest BCUT2D eigenvalue weighted by molar-refractivity contribution is 7.92. The lowest BCUT2D eigenvalue weighted by Gasteiger charge is -2.09. The lowest BCUT2D eigenvalue weighted by molar-refractivity contribution is -0.142. The molecule has 1 rings (SSSR count). The number of methoxy groups -OCH3 is 1. The number of benzene rings is 1. The van der Waals surface area contributed by atoms with Gasteiger partial charge in [0.05, 0.1) is 7.11 Å². The van der Waals surface area contributed by atoms with Gasteiger partial charge >= 0.3 is 5.97 Å². The van der Waals surface area contributed by atoms with E-state index in [9.17, 15) is 13.2 Å². The minimum absolute atomic E-state index is 0.567. The number of ether oxygens (including phenoxy) is 1. The van der Waals surface area contributed by atoms with Crippen LogP contribution < -0.4 is 4.72 Å². The number of sulfonamides is 1. The van der Waals surface area contributed by atoms with E-state index in [0.717, 1.165) is 5.41 Å². The summed E-state index contributed by atoms with van der Waals surface area (Å²) >= 11 is 5.72. The van der Waals surface area contributed by atoms with Crippen LogP contribution in [0, 0.1) is 0 Å². The van der Waals surface area contributed by atoms with Crippen LogP contribution in [0.1, 0.15) is 12.5 Å². The molecule has 0 aliphatic rings. The average molecular weight is 304 g/mol. The van der Waals surface area contributed by atoms with Crippen molar-refractivity contribution < 1.29 is 17.9 Å². The molecule has 1 aromatic carbocycles. The molecule has 0 aliphatic carbocycles. The molecule has 0 bridgehead atoms. The molecule has 7 heteroatoms. The number of carbonyl (C=O) groups excluding carboxylic acids is 1. The number of hydrogen-bond donors (Lipinski definition) is 1. The van der Waals surface area contributed by atoms with Gasteiger partial charge in [-0.15, -0.1) is 0 Å². The van der Waals surface area contributed by atoms with Crippen molar-refractivity contribution >= 4 is 33.7 Å². The molecule has 1 N–H and O–H groups in total. The third kappa shape index (κ3) is 5.42. The van der Waals surface area contributed by atoms with Crippen LogP contribution in [0.2, 0.25) is 5.02 Å². The number of hydrogen-bond acceptors (Lipinski definition) is 4. The Kier molecular flexibility index (Phi) is 5.53. The van der Waals surface area contributed by atoms with Crippen molar-refractivity contribution in [2.75, 3.05) is 7.11 Å². The second-order valence-corrected chi connectivity index (χ2v) is 5.80. The summed E-state index contributed by atoms with van der Waals surface area (Å²) in [6, 6.07) is 5.72. The average Bonchev–Trinajstić information content (AvgIpc) is 2.36. The number of rotatable bonds is 5. The van der Waals surface area contributed by atoms with Gasteiger partial charge in [-0.1, -0.05) is 23.7 Å². The van der Waals surface area contributed by atoms with E-state index >= 15 is 0 Å². The molecule has 104 valence electrons. The molecule has 0 saturated heterocycles. The fourth-order valence-corrected chi connectivity index (χ4v) is 2.38. The highest BCUT2D eigenvalue weighted by Crippen LogP contribution is 2.11. The minimum atomic E-state index is -3.71. The Labute approximate surface area is 117 Å². The summed E-state index contributed by atoms with van der Waals surface area (Å²) in [5, 5.41) is 1.55. The van der Waals surface area contributed by atoms with Crippen molar-refractivity contribution in [1.82, 2.24) is 4.72 Å². The Bertz CT molecular complexity index is 566. The largest absolute Gasteiger partial charge is 0.468 e. The number of esters is 1. The predicted octanol–water partition coefficient (Wildman–Crippen LogP) is 1.79. The topological polar surface area (TPSA) is 72.5 Å². The van der Waals surface area contributed by atoms with Gasteiger partial charge in [0.15, 0.2) is 0 Å². The van der Waals surface area contributed by atoms with Crippen molar-refractivity contribution in [2.24, 2.45) is 0 Å². The Morgan fingerprint density at radius 2 is 1.95 bits per heavy atom. The van der Waals surface area contributed by atoms with E-state index in [2.05, 4.69) is 9.46 Å². The molecule has 5 nitrogen and oxygen atoms in total. The molecule has 19 heavy (non-hydrogen) atoms. The summed E-state index contributed by atoms with van der Waals surface area (Å²) in [4.78, 5) is 11.1. The van der Waals surface area contributed by atoms with E-state index in [1.807, 2.05) is 0 Å². The Morgan fingerprint density at radius 1 is 1.37 bits per heavy atom. The summed E-state index contributed by atoms with van der Waals surface area (Å²) in [5.74, 6) is -0.650. The first-order chi connectivity index (χ1) is 8.84. The lowest BCUT2D eigenvalue weighted by atomic mass is 10.2. The van der Waals surface area contributed by atoms with Gasteiger partial charge in [0, 0.05) is 10.4 Å². The van der Waals surface area contributed by atoms with Gasteiger partial charge in [0.1, 0.15) is 6.04 Å². The molecule has 0 fully saturated rings. The SMILES string of the molecule is COC(=O)C(C)NS(=O)(=O)C=Cc1ccc(Cl)cc1. The molecule has 0 radical (unpaired) electrons. The fraction of sp³-hybridized carbons (Fsp3) is 0.250. The Hall–Kier alpha value is -1.37. The summed E-state index contributed by atoms with van der Waals surface area (Å²) in [6.07, 6.45) is 1.41. The third-order valence-corrected chi connectivity index (χ3v) is 3.63. The molecule has 0 spiro atoms. The standard InChI is InChI=1S/C12H14ClNO4S/c1-9(12(15)18-2)14-19(16,17)8-7-10-3-5-11(13)6-4-10/h3-9,14H,1-2H3. The maximum absolute atomic E-state index is 11.7. The highest BCUT2D eigenvalue weighted by Gasteiger charge is 2.18. The molecule has 0 amide bonds. The van der Waals surface area contributed by atoms with Gasteiger partial charge in [-0.2, -0.15) is 4.72 Å². The van der Waals surface area contributed by atoms with Crippen LogP contribution in [0.25, 0.3) is 6.08 Å². The Morgan fingerprint density at radius 3 is 2.47 bits per heavy atom. The first kappa shape index (κ1) is 15.7. The molecule has 0 aromatic heterocycles. The van der Waals surface area contributed by atoms with E-state index in [0.29, 0.717) is 10.6 Å². The first-order valence-electron chi connectivity index (χ1n) is 5.38. The van der Waals surface area contributed by atoms with E-state index in [4.69, 9.17) is 11.6 Å². The van der Waals surface area contributed by atoms with Crippen LogP contribution in [0.3, 0.4) is 0 Å². The maximum Gasteiger partial charge on any atom is 0.323 e. The normalized spacial score (nSPS) is 13.4. The zero-order chi connectivity index (χ0) is 14.5. The molecule has 0 aliphatic heterocycles. The van der Waals surface area contributed by atoms with Gasteiger partial charge in [-0.05, 0) is 30.7 Å². The maximum atomic E-state index is 11.7. The van der Waals surface area contributed by atoms with Gasteiger partial charge in [-0.25, -0.2) is 8.42 Å². The molecule has 1 unspecified atom stereocenters.